The Labute approximate surface area is 178 Å². The lowest BCUT2D eigenvalue weighted by atomic mass is 9.74. The Bertz CT molecular complexity index is 536. The summed E-state index contributed by atoms with van der Waals surface area (Å²) >= 11 is 1.88. The standard InChI is InChI=1S/C19H30FN3OS.HI/c1-21-18(22-11-3-4-14-25-2)23-15-19(9-12-24-13-10-19)16-5-7-17(20)8-6-16;/h5-8H,3-4,9-15H2,1-2H3,(H2,21,22,23);1H. The maximum absolute atomic E-state index is 13.3. The van der Waals surface area contributed by atoms with E-state index in [0.29, 0.717) is 0 Å². The van der Waals surface area contributed by atoms with Gasteiger partial charge in [-0.1, -0.05) is 12.1 Å². The molecule has 1 aromatic rings. The summed E-state index contributed by atoms with van der Waals surface area (Å²) in [5.74, 6) is 1.83. The lowest BCUT2D eigenvalue weighted by Gasteiger charge is -2.38. The van der Waals surface area contributed by atoms with Crippen LogP contribution in [-0.2, 0) is 10.2 Å². The van der Waals surface area contributed by atoms with Gasteiger partial charge in [-0.05, 0) is 55.4 Å². The molecular formula is C19H31FIN3OS. The number of aliphatic imine (C=N–C) groups is 1. The summed E-state index contributed by atoms with van der Waals surface area (Å²) in [6.45, 7) is 3.17. The molecule has 7 heteroatoms. The molecule has 1 aliphatic rings. The summed E-state index contributed by atoms with van der Waals surface area (Å²) in [6.07, 6.45) is 6.34. The number of nitrogens with zero attached hydrogens (tertiary/aromatic N) is 1. The van der Waals surface area contributed by atoms with Crippen LogP contribution in [0.25, 0.3) is 0 Å². The highest BCUT2D eigenvalue weighted by Crippen LogP contribution is 2.34. The molecule has 0 aliphatic carbocycles. The fourth-order valence-corrected chi connectivity index (χ4v) is 3.68. The van der Waals surface area contributed by atoms with E-state index in [9.17, 15) is 4.39 Å². The summed E-state index contributed by atoms with van der Waals surface area (Å²) < 4.78 is 18.9. The zero-order valence-electron chi connectivity index (χ0n) is 15.7. The second-order valence-electron chi connectivity index (χ2n) is 6.45. The van der Waals surface area contributed by atoms with E-state index in [1.807, 2.05) is 23.9 Å². The minimum absolute atomic E-state index is 0. The van der Waals surface area contributed by atoms with Gasteiger partial charge in [-0.3, -0.25) is 4.99 Å². The van der Waals surface area contributed by atoms with Gasteiger partial charge in [0.2, 0.25) is 0 Å². The molecule has 4 nitrogen and oxygen atoms in total. The van der Waals surface area contributed by atoms with Gasteiger partial charge in [-0.15, -0.1) is 24.0 Å². The second-order valence-corrected chi connectivity index (χ2v) is 7.44. The van der Waals surface area contributed by atoms with Gasteiger partial charge in [0.15, 0.2) is 5.96 Å². The maximum Gasteiger partial charge on any atom is 0.191 e. The third-order valence-electron chi connectivity index (χ3n) is 4.79. The summed E-state index contributed by atoms with van der Waals surface area (Å²) in [5.41, 5.74) is 1.13. The Balaban J connectivity index is 0.00000338. The van der Waals surface area contributed by atoms with Crippen LogP contribution in [0.2, 0.25) is 0 Å². The average Bonchev–Trinajstić information content (AvgIpc) is 2.65. The Morgan fingerprint density at radius 2 is 1.88 bits per heavy atom. The minimum Gasteiger partial charge on any atom is -0.381 e. The highest BCUT2D eigenvalue weighted by Gasteiger charge is 2.34. The Hall–Kier alpha value is -0.540. The van der Waals surface area contributed by atoms with Crippen molar-refractivity contribution in [2.75, 3.05) is 45.4 Å². The Kier molecular flexibility index (Phi) is 11.5. The summed E-state index contributed by atoms with van der Waals surface area (Å²) in [6, 6.07) is 6.90. The molecule has 2 rings (SSSR count). The van der Waals surface area contributed by atoms with E-state index in [1.165, 1.54) is 17.7 Å². The van der Waals surface area contributed by atoms with Crippen LogP contribution in [0.1, 0.15) is 31.2 Å². The van der Waals surface area contributed by atoms with E-state index >= 15 is 0 Å². The van der Waals surface area contributed by atoms with Crippen molar-refractivity contribution in [1.29, 1.82) is 0 Å². The van der Waals surface area contributed by atoms with Crippen molar-refractivity contribution >= 4 is 41.7 Å². The van der Waals surface area contributed by atoms with Crippen molar-refractivity contribution in [2.45, 2.75) is 31.1 Å². The normalized spacial score (nSPS) is 16.7. The van der Waals surface area contributed by atoms with Crippen molar-refractivity contribution in [3.63, 3.8) is 0 Å². The molecule has 0 saturated carbocycles. The number of rotatable bonds is 8. The maximum atomic E-state index is 13.3. The van der Waals surface area contributed by atoms with Crippen LogP contribution >= 0.6 is 35.7 Å². The van der Waals surface area contributed by atoms with Gasteiger partial charge in [0, 0.05) is 38.8 Å². The number of unbranched alkanes of at least 4 members (excludes halogenated alkanes) is 1. The van der Waals surface area contributed by atoms with Crippen LogP contribution in [0.15, 0.2) is 29.3 Å². The number of thioether (sulfide) groups is 1. The van der Waals surface area contributed by atoms with Crippen LogP contribution in [0.3, 0.4) is 0 Å². The van der Waals surface area contributed by atoms with E-state index in [4.69, 9.17) is 4.74 Å². The van der Waals surface area contributed by atoms with Crippen LogP contribution in [0, 0.1) is 5.82 Å². The van der Waals surface area contributed by atoms with Crippen LogP contribution in [-0.4, -0.2) is 51.3 Å². The van der Waals surface area contributed by atoms with E-state index in [0.717, 1.165) is 51.5 Å². The molecule has 148 valence electrons. The van der Waals surface area contributed by atoms with Gasteiger partial charge < -0.3 is 15.4 Å². The minimum atomic E-state index is -0.193. The molecule has 1 fully saturated rings. The third-order valence-corrected chi connectivity index (χ3v) is 5.49. The lowest BCUT2D eigenvalue weighted by molar-refractivity contribution is 0.0513. The summed E-state index contributed by atoms with van der Waals surface area (Å²) in [4.78, 5) is 4.33. The van der Waals surface area contributed by atoms with Crippen molar-refractivity contribution in [3.05, 3.63) is 35.6 Å². The van der Waals surface area contributed by atoms with Crippen molar-refractivity contribution in [2.24, 2.45) is 4.99 Å². The van der Waals surface area contributed by atoms with Gasteiger partial charge in [0.25, 0.3) is 0 Å². The molecule has 1 saturated heterocycles. The first-order chi connectivity index (χ1) is 12.2. The van der Waals surface area contributed by atoms with E-state index < -0.39 is 0 Å². The predicted molar refractivity (Wildman–Crippen MR) is 121 cm³/mol. The number of guanidine groups is 1. The second kappa shape index (κ2) is 12.8. The van der Waals surface area contributed by atoms with Crippen LogP contribution in [0.5, 0.6) is 0 Å². The highest BCUT2D eigenvalue weighted by molar-refractivity contribution is 14.0. The number of hydrogen-bond donors (Lipinski definition) is 2. The summed E-state index contributed by atoms with van der Waals surface area (Å²) in [7, 11) is 1.80. The number of benzene rings is 1. The monoisotopic (exact) mass is 495 g/mol. The molecule has 26 heavy (non-hydrogen) atoms. The Morgan fingerprint density at radius 1 is 1.19 bits per heavy atom. The van der Waals surface area contributed by atoms with Crippen molar-refractivity contribution in [3.8, 4) is 0 Å². The first kappa shape index (κ1) is 23.5. The number of halogens is 2. The quantitative estimate of drug-likeness (QED) is 0.249. The highest BCUT2D eigenvalue weighted by atomic mass is 127. The smallest absolute Gasteiger partial charge is 0.191 e. The van der Waals surface area contributed by atoms with Crippen LogP contribution in [0.4, 0.5) is 4.39 Å². The molecule has 1 aromatic carbocycles. The fourth-order valence-electron chi connectivity index (χ4n) is 3.18. The van der Waals surface area contributed by atoms with Crippen molar-refractivity contribution in [1.82, 2.24) is 10.6 Å². The molecule has 1 heterocycles. The molecule has 0 aromatic heterocycles. The molecule has 0 atom stereocenters. The van der Waals surface area contributed by atoms with Crippen molar-refractivity contribution < 1.29 is 9.13 Å². The SMILES string of the molecule is CN=C(NCCCCSC)NCC1(c2ccc(F)cc2)CCOCC1.I. The number of hydrogen-bond acceptors (Lipinski definition) is 3. The summed E-state index contributed by atoms with van der Waals surface area (Å²) in [5, 5.41) is 6.85. The zero-order chi connectivity index (χ0) is 18.0. The van der Waals surface area contributed by atoms with E-state index in [2.05, 4.69) is 21.9 Å². The first-order valence-electron chi connectivity index (χ1n) is 8.97. The van der Waals surface area contributed by atoms with E-state index in [-0.39, 0.29) is 35.2 Å². The molecule has 0 spiro atoms. The predicted octanol–water partition coefficient (Wildman–Crippen LogP) is 3.80. The lowest BCUT2D eigenvalue weighted by Crippen LogP contribution is -2.48. The third kappa shape index (κ3) is 7.23. The fraction of sp³-hybridized carbons (Fsp3) is 0.632. The van der Waals surface area contributed by atoms with Crippen LogP contribution < -0.4 is 10.6 Å². The molecule has 0 bridgehead atoms. The largest absolute Gasteiger partial charge is 0.381 e. The first-order valence-corrected chi connectivity index (χ1v) is 10.4. The van der Waals surface area contributed by atoms with Gasteiger partial charge in [-0.25, -0.2) is 4.39 Å². The molecular weight excluding hydrogens is 464 g/mol. The number of nitrogens with one attached hydrogen (secondary N) is 2. The average molecular weight is 495 g/mol. The van der Waals surface area contributed by atoms with Gasteiger partial charge >= 0.3 is 0 Å². The van der Waals surface area contributed by atoms with Gasteiger partial charge in [-0.2, -0.15) is 11.8 Å². The van der Waals surface area contributed by atoms with Gasteiger partial charge in [0.1, 0.15) is 5.82 Å². The molecule has 0 amide bonds. The van der Waals surface area contributed by atoms with Gasteiger partial charge in [0.05, 0.1) is 0 Å². The molecule has 0 radical (unpaired) electrons. The molecule has 1 aliphatic heterocycles. The topological polar surface area (TPSA) is 45.7 Å². The Morgan fingerprint density at radius 3 is 2.50 bits per heavy atom. The van der Waals surface area contributed by atoms with E-state index in [1.54, 1.807) is 19.2 Å². The molecule has 0 unspecified atom stereocenters. The number of ether oxygens (including phenoxy) is 1. The molecule has 2 N–H and O–H groups in total. The zero-order valence-corrected chi connectivity index (χ0v) is 18.9.